The van der Waals surface area contributed by atoms with Crippen LogP contribution in [0, 0.1) is 0 Å². The van der Waals surface area contributed by atoms with E-state index in [0.717, 1.165) is 11.0 Å². The van der Waals surface area contributed by atoms with Crippen molar-refractivity contribution < 1.29 is 58.9 Å². The van der Waals surface area contributed by atoms with Gasteiger partial charge in [-0.05, 0) is 67.3 Å². The Balaban J connectivity index is 2.33. The summed E-state index contributed by atoms with van der Waals surface area (Å²) < 4.78 is 127. The minimum absolute atomic E-state index is 0.104. The number of alkyl halides is 9. The van der Waals surface area contributed by atoms with Crippen molar-refractivity contribution in [3.8, 4) is 0 Å². The normalized spacial score (nSPS) is 18.9. The molecule has 0 saturated heterocycles. The molecular formula is C25H22F9NO4. The number of carbonyl (C=O) groups excluding carboxylic acids is 1. The highest BCUT2D eigenvalue weighted by molar-refractivity contribution is 5.91. The van der Waals surface area contributed by atoms with E-state index in [-0.39, 0.29) is 48.9 Å². The van der Waals surface area contributed by atoms with Crippen molar-refractivity contribution >= 4 is 17.7 Å². The Hall–Kier alpha value is -3.45. The molecule has 0 bridgehead atoms. The Morgan fingerprint density at radius 1 is 0.897 bits per heavy atom. The third-order valence-corrected chi connectivity index (χ3v) is 6.48. The van der Waals surface area contributed by atoms with Crippen LogP contribution in [0.1, 0.15) is 66.3 Å². The van der Waals surface area contributed by atoms with E-state index >= 15 is 0 Å². The molecule has 1 aliphatic heterocycles. The molecule has 1 amide bonds. The van der Waals surface area contributed by atoms with Gasteiger partial charge in [-0.2, -0.15) is 39.5 Å². The second kappa shape index (κ2) is 10.6. The minimum atomic E-state index is -5.28. The fourth-order valence-corrected chi connectivity index (χ4v) is 4.78. The summed E-state index contributed by atoms with van der Waals surface area (Å²) in [5.74, 6) is -5.50. The van der Waals surface area contributed by atoms with Crippen LogP contribution < -0.4 is 4.90 Å². The predicted molar refractivity (Wildman–Crippen MR) is 119 cm³/mol. The van der Waals surface area contributed by atoms with Gasteiger partial charge in [0.1, 0.15) is 0 Å². The third kappa shape index (κ3) is 6.25. The summed E-state index contributed by atoms with van der Waals surface area (Å²) in [7, 11) is 0. The van der Waals surface area contributed by atoms with E-state index in [2.05, 4.69) is 0 Å². The molecule has 39 heavy (non-hydrogen) atoms. The number of carboxylic acids is 1. The molecule has 0 fully saturated rings. The number of amides is 1. The van der Waals surface area contributed by atoms with Crippen LogP contribution in [-0.4, -0.2) is 29.8 Å². The van der Waals surface area contributed by atoms with Crippen LogP contribution in [0.15, 0.2) is 36.4 Å². The van der Waals surface area contributed by atoms with Crippen LogP contribution in [-0.2, 0) is 28.1 Å². The number of anilines is 1. The minimum Gasteiger partial charge on any atom is -0.481 e. The Labute approximate surface area is 216 Å². The zero-order valence-corrected chi connectivity index (χ0v) is 20.3. The molecule has 214 valence electrons. The van der Waals surface area contributed by atoms with Crippen LogP contribution in [0.5, 0.6) is 0 Å². The molecule has 0 radical (unpaired) electrons. The van der Waals surface area contributed by atoms with Gasteiger partial charge in [0.15, 0.2) is 0 Å². The lowest BCUT2D eigenvalue weighted by atomic mass is 9.73. The van der Waals surface area contributed by atoms with Crippen molar-refractivity contribution in [3.63, 3.8) is 0 Å². The molecule has 0 aromatic heterocycles. The van der Waals surface area contributed by atoms with Crippen LogP contribution in [0.3, 0.4) is 0 Å². The van der Waals surface area contributed by atoms with Gasteiger partial charge in [-0.1, -0.05) is 6.92 Å². The summed E-state index contributed by atoms with van der Waals surface area (Å²) in [5.41, 5.74) is -6.22. The summed E-state index contributed by atoms with van der Waals surface area (Å²) in [4.78, 5) is 26.2. The lowest BCUT2D eigenvalue weighted by Crippen LogP contribution is -2.46. The number of benzene rings is 2. The predicted octanol–water partition coefficient (Wildman–Crippen LogP) is 7.84. The molecule has 0 spiro atoms. The van der Waals surface area contributed by atoms with Crippen LogP contribution >= 0.6 is 0 Å². The average Bonchev–Trinajstić information content (AvgIpc) is 2.81. The highest BCUT2D eigenvalue weighted by Crippen LogP contribution is 2.49. The van der Waals surface area contributed by atoms with E-state index in [0.29, 0.717) is 12.1 Å². The maximum Gasteiger partial charge on any atom is 0.416 e. The molecule has 14 heteroatoms. The number of hydrogen-bond donors (Lipinski definition) is 1. The standard InChI is InChI=1S/C25H22F9NO4/c1-3-16-11-18(17-10-13(23(26,27)28)5-6-19(17)35(16)22(38)39-4-2)20(21(36)37)12-7-14(24(29,30)31)9-15(8-12)25(32,33)34/h5-10,16,18,20H,3-4,11H2,1-2H3,(H,36,37)/t16-,18+,20+/m1/s1. The Bertz CT molecular complexity index is 1210. The first-order valence-corrected chi connectivity index (χ1v) is 11.6. The molecule has 0 aliphatic carbocycles. The SMILES string of the molecule is CCOC(=O)N1c2ccc(C(F)(F)F)cc2[C@@H]([C@@H](C(=O)O)c2cc(C(F)(F)F)cc(C(F)(F)F)c2)C[C@H]1CC. The topological polar surface area (TPSA) is 66.8 Å². The highest BCUT2D eigenvalue weighted by atomic mass is 19.4. The first-order valence-electron chi connectivity index (χ1n) is 11.6. The number of fused-ring (bicyclic) bond motifs is 1. The average molecular weight is 571 g/mol. The number of halogens is 9. The molecule has 3 atom stereocenters. The lowest BCUT2D eigenvalue weighted by molar-refractivity contribution is -0.144. The fraction of sp³-hybridized carbons (Fsp3) is 0.440. The van der Waals surface area contributed by atoms with Crippen molar-refractivity contribution in [2.45, 2.75) is 63.1 Å². The number of hydrogen-bond acceptors (Lipinski definition) is 3. The second-order valence-corrected chi connectivity index (χ2v) is 8.90. The lowest BCUT2D eigenvalue weighted by Gasteiger charge is -2.42. The van der Waals surface area contributed by atoms with Crippen LogP contribution in [0.4, 0.5) is 50.0 Å². The van der Waals surface area contributed by atoms with Gasteiger partial charge in [-0.15, -0.1) is 0 Å². The zero-order chi connectivity index (χ0) is 29.5. The summed E-state index contributed by atoms with van der Waals surface area (Å²) in [5, 5.41) is 10.0. The van der Waals surface area contributed by atoms with Gasteiger partial charge in [-0.3, -0.25) is 9.69 Å². The Morgan fingerprint density at radius 3 is 1.87 bits per heavy atom. The molecule has 2 aromatic rings. The molecule has 1 aliphatic rings. The van der Waals surface area contributed by atoms with E-state index in [1.54, 1.807) is 6.92 Å². The number of nitrogens with zero attached hydrogens (tertiary/aromatic N) is 1. The van der Waals surface area contributed by atoms with Crippen LogP contribution in [0.25, 0.3) is 0 Å². The Kier molecular flexibility index (Phi) is 8.19. The van der Waals surface area contributed by atoms with E-state index in [1.165, 1.54) is 6.92 Å². The second-order valence-electron chi connectivity index (χ2n) is 8.90. The number of aliphatic carboxylic acids is 1. The smallest absolute Gasteiger partial charge is 0.416 e. The van der Waals surface area contributed by atoms with Gasteiger partial charge in [0.05, 0.1) is 34.9 Å². The number of carboxylic acid groups (broad SMARTS) is 1. The Morgan fingerprint density at radius 2 is 1.44 bits per heavy atom. The first-order chi connectivity index (χ1) is 17.9. The van der Waals surface area contributed by atoms with Gasteiger partial charge in [0.2, 0.25) is 0 Å². The molecule has 3 rings (SSSR count). The van der Waals surface area contributed by atoms with E-state index in [1.807, 2.05) is 0 Å². The summed E-state index contributed by atoms with van der Waals surface area (Å²) in [6.45, 7) is 2.95. The molecule has 2 aromatic carbocycles. The van der Waals surface area contributed by atoms with E-state index in [4.69, 9.17) is 4.74 Å². The maximum absolute atomic E-state index is 13.6. The zero-order valence-electron chi connectivity index (χ0n) is 20.3. The fourth-order valence-electron chi connectivity index (χ4n) is 4.78. The molecule has 0 saturated carbocycles. The highest BCUT2D eigenvalue weighted by Gasteiger charge is 2.45. The summed E-state index contributed by atoms with van der Waals surface area (Å²) in [6, 6.07) is 1.56. The number of rotatable bonds is 5. The molecule has 0 unspecified atom stereocenters. The molecule has 5 nitrogen and oxygen atoms in total. The van der Waals surface area contributed by atoms with Crippen molar-refractivity contribution in [3.05, 3.63) is 64.2 Å². The summed E-state index contributed by atoms with van der Waals surface area (Å²) >= 11 is 0. The van der Waals surface area contributed by atoms with E-state index in [9.17, 15) is 54.2 Å². The quantitative estimate of drug-likeness (QED) is 0.372. The summed E-state index contributed by atoms with van der Waals surface area (Å²) in [6.07, 6.45) is -16.7. The van der Waals surface area contributed by atoms with Crippen molar-refractivity contribution in [2.24, 2.45) is 0 Å². The molecule has 1 N–H and O–H groups in total. The molecule has 1 heterocycles. The third-order valence-electron chi connectivity index (χ3n) is 6.48. The largest absolute Gasteiger partial charge is 0.481 e. The number of carbonyl (C=O) groups is 2. The van der Waals surface area contributed by atoms with Crippen molar-refractivity contribution in [1.82, 2.24) is 0 Å². The first kappa shape index (κ1) is 30.1. The number of ether oxygens (including phenoxy) is 1. The van der Waals surface area contributed by atoms with Crippen molar-refractivity contribution in [1.29, 1.82) is 0 Å². The van der Waals surface area contributed by atoms with Gasteiger partial charge < -0.3 is 9.84 Å². The monoisotopic (exact) mass is 571 g/mol. The van der Waals surface area contributed by atoms with Crippen molar-refractivity contribution in [2.75, 3.05) is 11.5 Å². The van der Waals surface area contributed by atoms with E-state index < -0.39 is 70.7 Å². The molecular weight excluding hydrogens is 549 g/mol. The van der Waals surface area contributed by atoms with Crippen LogP contribution in [0.2, 0.25) is 0 Å². The maximum atomic E-state index is 13.6. The van der Waals surface area contributed by atoms with Gasteiger partial charge >= 0.3 is 30.6 Å². The van der Waals surface area contributed by atoms with Gasteiger partial charge in [0, 0.05) is 12.0 Å². The van der Waals surface area contributed by atoms with Gasteiger partial charge in [-0.25, -0.2) is 4.79 Å². The van der Waals surface area contributed by atoms with Gasteiger partial charge in [0.25, 0.3) is 0 Å².